The first-order chi connectivity index (χ1) is 11.8. The molecule has 0 atom stereocenters. The van der Waals surface area contributed by atoms with Crippen LogP contribution in [0.25, 0.3) is 0 Å². The Morgan fingerprint density at radius 2 is 1.92 bits per heavy atom. The molecule has 7 nitrogen and oxygen atoms in total. The molecule has 26 heavy (non-hydrogen) atoms. The van der Waals surface area contributed by atoms with Gasteiger partial charge in [0, 0.05) is 43.8 Å². The van der Waals surface area contributed by atoms with Crippen LogP contribution in [0.15, 0.2) is 27.7 Å². The van der Waals surface area contributed by atoms with E-state index in [0.717, 1.165) is 15.7 Å². The quantitative estimate of drug-likeness (QED) is 0.282. The lowest BCUT2D eigenvalue weighted by Crippen LogP contribution is -2.39. The van der Waals surface area contributed by atoms with E-state index >= 15 is 0 Å². The maximum absolute atomic E-state index is 12.1. The molecule has 9 heteroatoms. The lowest BCUT2D eigenvalue weighted by Gasteiger charge is -2.13. The first-order valence-corrected chi connectivity index (χ1v) is 8.91. The Morgan fingerprint density at radius 1 is 1.23 bits per heavy atom. The molecule has 0 saturated heterocycles. The maximum Gasteiger partial charge on any atom is 0.243 e. The summed E-state index contributed by atoms with van der Waals surface area (Å²) in [4.78, 5) is 29.4. The Morgan fingerprint density at radius 3 is 2.54 bits per heavy atom. The van der Waals surface area contributed by atoms with Crippen molar-refractivity contribution < 1.29 is 9.59 Å². The molecule has 0 radical (unpaired) electrons. The molecule has 0 aliphatic carbocycles. The molecule has 2 amide bonds. The molecular formula is C17H27BrIN5O2. The average Bonchev–Trinajstić information content (AvgIpc) is 2.55. The van der Waals surface area contributed by atoms with Crippen LogP contribution >= 0.6 is 39.9 Å². The third kappa shape index (κ3) is 9.37. The Balaban J connectivity index is 0.00000625. The number of aliphatic imine (C=N–C) groups is 1. The molecule has 0 heterocycles. The van der Waals surface area contributed by atoms with E-state index in [1.807, 2.05) is 32.0 Å². The lowest BCUT2D eigenvalue weighted by atomic mass is 10.2. The van der Waals surface area contributed by atoms with E-state index in [9.17, 15) is 9.59 Å². The van der Waals surface area contributed by atoms with Gasteiger partial charge >= 0.3 is 0 Å². The highest BCUT2D eigenvalue weighted by Crippen LogP contribution is 2.20. The second kappa shape index (κ2) is 12.9. The standard InChI is InChI=1S/C17H26BrN5O2.HI/c1-5-19-17(21-11-16(25)23(3)4)20-9-8-15(24)22-14-10-13(18)7-6-12(14)2;/h6-7,10H,5,8-9,11H2,1-4H3,(H,22,24)(H2,19,20,21);1H. The predicted molar refractivity (Wildman–Crippen MR) is 120 cm³/mol. The van der Waals surface area contributed by atoms with E-state index in [0.29, 0.717) is 19.0 Å². The fraction of sp³-hybridized carbons (Fsp3) is 0.471. The molecule has 0 aliphatic rings. The molecule has 0 aromatic heterocycles. The Bertz CT molecular complexity index is 638. The van der Waals surface area contributed by atoms with Crippen molar-refractivity contribution in [3.05, 3.63) is 28.2 Å². The molecule has 0 unspecified atom stereocenters. The van der Waals surface area contributed by atoms with Crippen molar-refractivity contribution >= 4 is 63.4 Å². The first-order valence-electron chi connectivity index (χ1n) is 8.11. The minimum atomic E-state index is -0.0890. The molecular weight excluding hydrogens is 513 g/mol. The van der Waals surface area contributed by atoms with Crippen LogP contribution in [0, 0.1) is 6.92 Å². The number of carbonyl (C=O) groups excluding carboxylic acids is 2. The third-order valence-corrected chi connectivity index (χ3v) is 3.83. The summed E-state index contributed by atoms with van der Waals surface area (Å²) in [6, 6.07) is 5.75. The van der Waals surface area contributed by atoms with E-state index in [-0.39, 0.29) is 48.8 Å². The molecule has 3 N–H and O–H groups in total. The average molecular weight is 540 g/mol. The van der Waals surface area contributed by atoms with Gasteiger partial charge in [-0.2, -0.15) is 0 Å². The molecule has 0 aliphatic heterocycles. The second-order valence-electron chi connectivity index (χ2n) is 5.67. The van der Waals surface area contributed by atoms with Crippen LogP contribution in [-0.2, 0) is 9.59 Å². The van der Waals surface area contributed by atoms with Gasteiger partial charge in [0.25, 0.3) is 0 Å². The summed E-state index contributed by atoms with van der Waals surface area (Å²) in [5, 5.41) is 8.99. The molecule has 0 saturated carbocycles. The van der Waals surface area contributed by atoms with Gasteiger partial charge in [-0.3, -0.25) is 9.59 Å². The number of carbonyl (C=O) groups is 2. The number of amides is 2. The number of anilines is 1. The normalized spacial score (nSPS) is 10.6. The van der Waals surface area contributed by atoms with Crippen molar-refractivity contribution in [2.24, 2.45) is 4.99 Å². The molecule has 0 fully saturated rings. The van der Waals surface area contributed by atoms with Gasteiger partial charge in [-0.25, -0.2) is 4.99 Å². The first kappa shape index (κ1) is 24.6. The number of guanidine groups is 1. The Labute approximate surface area is 180 Å². The molecule has 1 rings (SSSR count). The highest BCUT2D eigenvalue weighted by Gasteiger charge is 2.07. The molecule has 1 aromatic carbocycles. The third-order valence-electron chi connectivity index (χ3n) is 3.33. The van der Waals surface area contributed by atoms with Crippen LogP contribution in [0.4, 0.5) is 5.69 Å². The Kier molecular flexibility index (Phi) is 12.2. The van der Waals surface area contributed by atoms with E-state index in [4.69, 9.17) is 0 Å². The van der Waals surface area contributed by atoms with Crippen molar-refractivity contribution in [3.8, 4) is 0 Å². The van der Waals surface area contributed by atoms with Crippen LogP contribution in [0.3, 0.4) is 0 Å². The number of aryl methyl sites for hydroxylation is 1. The van der Waals surface area contributed by atoms with E-state index in [2.05, 4.69) is 36.9 Å². The van der Waals surface area contributed by atoms with Crippen LogP contribution in [0.2, 0.25) is 0 Å². The zero-order valence-corrected chi connectivity index (χ0v) is 19.5. The van der Waals surface area contributed by atoms with Gasteiger partial charge in [0.1, 0.15) is 6.54 Å². The van der Waals surface area contributed by atoms with E-state index in [1.54, 1.807) is 14.1 Å². The van der Waals surface area contributed by atoms with Gasteiger partial charge in [-0.1, -0.05) is 22.0 Å². The molecule has 0 spiro atoms. The summed E-state index contributed by atoms with van der Waals surface area (Å²) in [5.41, 5.74) is 1.79. The van der Waals surface area contributed by atoms with Gasteiger partial charge < -0.3 is 20.9 Å². The largest absolute Gasteiger partial charge is 0.357 e. The van der Waals surface area contributed by atoms with E-state index in [1.165, 1.54) is 4.90 Å². The second-order valence-corrected chi connectivity index (χ2v) is 6.58. The van der Waals surface area contributed by atoms with Gasteiger partial charge in [-0.15, -0.1) is 24.0 Å². The summed E-state index contributed by atoms with van der Waals surface area (Å²) < 4.78 is 0.915. The van der Waals surface area contributed by atoms with Crippen LogP contribution in [0.5, 0.6) is 0 Å². The maximum atomic E-state index is 12.1. The number of nitrogens with zero attached hydrogens (tertiary/aromatic N) is 2. The summed E-state index contributed by atoms with van der Waals surface area (Å²) in [6.45, 7) is 5.03. The van der Waals surface area contributed by atoms with Crippen molar-refractivity contribution in [2.75, 3.05) is 39.0 Å². The zero-order chi connectivity index (χ0) is 18.8. The molecule has 146 valence electrons. The number of halogens is 2. The van der Waals surface area contributed by atoms with Crippen molar-refractivity contribution in [1.82, 2.24) is 15.5 Å². The zero-order valence-electron chi connectivity index (χ0n) is 15.6. The minimum Gasteiger partial charge on any atom is -0.357 e. The number of hydrogen-bond acceptors (Lipinski definition) is 3. The lowest BCUT2D eigenvalue weighted by molar-refractivity contribution is -0.127. The summed E-state index contributed by atoms with van der Waals surface area (Å²) in [5.74, 6) is 0.345. The van der Waals surface area contributed by atoms with E-state index < -0.39 is 0 Å². The fourth-order valence-electron chi connectivity index (χ4n) is 1.87. The van der Waals surface area contributed by atoms with Gasteiger partial charge in [0.15, 0.2) is 5.96 Å². The van der Waals surface area contributed by atoms with Gasteiger partial charge in [-0.05, 0) is 31.5 Å². The minimum absolute atomic E-state index is 0. The summed E-state index contributed by atoms with van der Waals surface area (Å²) in [7, 11) is 3.37. The summed E-state index contributed by atoms with van der Waals surface area (Å²) >= 11 is 3.40. The summed E-state index contributed by atoms with van der Waals surface area (Å²) in [6.07, 6.45) is 0.290. The Hall–Kier alpha value is -1.36. The SMILES string of the molecule is CCNC(=NCC(=O)N(C)C)NCCC(=O)Nc1cc(Br)ccc1C.I. The van der Waals surface area contributed by atoms with Crippen LogP contribution in [-0.4, -0.2) is 56.4 Å². The number of benzene rings is 1. The number of rotatable bonds is 7. The van der Waals surface area contributed by atoms with Crippen LogP contribution in [0.1, 0.15) is 18.9 Å². The monoisotopic (exact) mass is 539 g/mol. The highest BCUT2D eigenvalue weighted by molar-refractivity contribution is 14.0. The van der Waals surface area contributed by atoms with Gasteiger partial charge in [0.05, 0.1) is 0 Å². The van der Waals surface area contributed by atoms with Crippen LogP contribution < -0.4 is 16.0 Å². The fourth-order valence-corrected chi connectivity index (χ4v) is 2.23. The highest BCUT2D eigenvalue weighted by atomic mass is 127. The van der Waals surface area contributed by atoms with Gasteiger partial charge in [0.2, 0.25) is 11.8 Å². The van der Waals surface area contributed by atoms with Crippen molar-refractivity contribution in [3.63, 3.8) is 0 Å². The number of hydrogen-bond donors (Lipinski definition) is 3. The number of likely N-dealkylation sites (N-methyl/N-ethyl adjacent to an activating group) is 1. The van der Waals surface area contributed by atoms with Crippen molar-refractivity contribution in [1.29, 1.82) is 0 Å². The molecule has 0 bridgehead atoms. The van der Waals surface area contributed by atoms with Crippen molar-refractivity contribution in [2.45, 2.75) is 20.3 Å². The molecule has 1 aromatic rings. The number of nitrogens with one attached hydrogen (secondary N) is 3. The topological polar surface area (TPSA) is 85.8 Å². The smallest absolute Gasteiger partial charge is 0.243 e. The predicted octanol–water partition coefficient (Wildman–Crippen LogP) is 2.35.